The molecule has 5 aliphatic rings. The van der Waals surface area contributed by atoms with Gasteiger partial charge >= 0.3 is 0 Å². The molecule has 0 amide bonds. The molecule has 0 aliphatic heterocycles. The van der Waals surface area contributed by atoms with E-state index < -0.39 is 0 Å². The van der Waals surface area contributed by atoms with Crippen molar-refractivity contribution in [3.63, 3.8) is 0 Å². The van der Waals surface area contributed by atoms with Crippen LogP contribution < -0.4 is 5.73 Å². The summed E-state index contributed by atoms with van der Waals surface area (Å²) in [5.74, 6) is 5.63. The van der Waals surface area contributed by atoms with Crippen LogP contribution in [0.4, 0.5) is 0 Å². The normalized spacial score (nSPS) is 49.6. The van der Waals surface area contributed by atoms with Crippen LogP contribution in [0.3, 0.4) is 0 Å². The summed E-state index contributed by atoms with van der Waals surface area (Å²) in [7, 11) is 0. The van der Waals surface area contributed by atoms with E-state index in [4.69, 9.17) is 5.73 Å². The third-order valence-electron chi connectivity index (χ3n) is 6.82. The zero-order valence-electron chi connectivity index (χ0n) is 11.0. The molecule has 4 bridgehead atoms. The van der Waals surface area contributed by atoms with Gasteiger partial charge in [0.05, 0.1) is 0 Å². The molecule has 17 heavy (non-hydrogen) atoms. The van der Waals surface area contributed by atoms with E-state index >= 15 is 0 Å². The van der Waals surface area contributed by atoms with Gasteiger partial charge in [-0.3, -0.25) is 0 Å². The lowest BCUT2D eigenvalue weighted by Gasteiger charge is -2.54. The Hall–Kier alpha value is -0.0400. The Morgan fingerprint density at radius 1 is 0.882 bits per heavy atom. The summed E-state index contributed by atoms with van der Waals surface area (Å²) >= 11 is 0. The zero-order valence-corrected chi connectivity index (χ0v) is 11.0. The Kier molecular flexibility index (Phi) is 2.38. The number of nitrogens with two attached hydrogens (primary N) is 1. The summed E-state index contributed by atoms with van der Waals surface area (Å²) < 4.78 is 0. The van der Waals surface area contributed by atoms with Crippen LogP contribution in [0.1, 0.15) is 57.8 Å². The SMILES string of the molecule is NCC1(CCC2C3CC4CC(C3)CC2C4)CC1. The summed E-state index contributed by atoms with van der Waals surface area (Å²) in [5.41, 5.74) is 6.55. The molecule has 5 fully saturated rings. The van der Waals surface area contributed by atoms with Crippen molar-refractivity contribution in [3.8, 4) is 0 Å². The number of rotatable bonds is 4. The van der Waals surface area contributed by atoms with Crippen LogP contribution in [0.25, 0.3) is 0 Å². The van der Waals surface area contributed by atoms with E-state index in [1.807, 2.05) is 0 Å². The van der Waals surface area contributed by atoms with E-state index in [-0.39, 0.29) is 0 Å². The topological polar surface area (TPSA) is 26.0 Å². The van der Waals surface area contributed by atoms with Gasteiger partial charge in [-0.2, -0.15) is 0 Å². The molecule has 0 aromatic heterocycles. The van der Waals surface area contributed by atoms with Crippen molar-refractivity contribution in [2.45, 2.75) is 57.8 Å². The summed E-state index contributed by atoms with van der Waals surface area (Å²) in [6.07, 6.45) is 13.8. The van der Waals surface area contributed by atoms with E-state index in [1.165, 1.54) is 25.7 Å². The van der Waals surface area contributed by atoms with Gasteiger partial charge in [-0.1, -0.05) is 0 Å². The lowest BCUT2D eigenvalue weighted by molar-refractivity contribution is -0.0420. The molecule has 1 nitrogen and oxygen atoms in total. The third-order valence-corrected chi connectivity index (χ3v) is 6.82. The van der Waals surface area contributed by atoms with Gasteiger partial charge in [-0.15, -0.1) is 0 Å². The van der Waals surface area contributed by atoms with Crippen LogP contribution >= 0.6 is 0 Å². The highest BCUT2D eigenvalue weighted by molar-refractivity contribution is 5.00. The minimum Gasteiger partial charge on any atom is -0.330 e. The molecule has 96 valence electrons. The van der Waals surface area contributed by atoms with Crippen LogP contribution in [0, 0.1) is 35.0 Å². The van der Waals surface area contributed by atoms with E-state index in [1.54, 1.807) is 32.1 Å². The zero-order chi connectivity index (χ0) is 11.5. The van der Waals surface area contributed by atoms with Crippen molar-refractivity contribution >= 4 is 0 Å². The molecule has 0 saturated heterocycles. The molecular weight excluding hydrogens is 206 g/mol. The molecule has 0 radical (unpaired) electrons. The first-order valence-electron chi connectivity index (χ1n) is 7.98. The first-order chi connectivity index (χ1) is 8.28. The quantitative estimate of drug-likeness (QED) is 0.789. The Morgan fingerprint density at radius 3 is 1.94 bits per heavy atom. The van der Waals surface area contributed by atoms with Crippen molar-refractivity contribution in [2.75, 3.05) is 6.54 Å². The van der Waals surface area contributed by atoms with E-state index in [9.17, 15) is 0 Å². The fraction of sp³-hybridized carbons (Fsp3) is 1.00. The molecule has 5 aliphatic carbocycles. The highest BCUT2D eigenvalue weighted by Crippen LogP contribution is 2.59. The second-order valence-electron chi connectivity index (χ2n) is 7.84. The first kappa shape index (κ1) is 10.8. The average molecular weight is 233 g/mol. The second kappa shape index (κ2) is 3.73. The first-order valence-corrected chi connectivity index (χ1v) is 7.98. The fourth-order valence-corrected chi connectivity index (χ4v) is 5.72. The average Bonchev–Trinajstić information content (AvgIpc) is 3.08. The second-order valence-corrected chi connectivity index (χ2v) is 7.84. The highest BCUT2D eigenvalue weighted by atomic mass is 14.7. The lowest BCUT2D eigenvalue weighted by atomic mass is 9.51. The van der Waals surface area contributed by atoms with Crippen molar-refractivity contribution in [3.05, 3.63) is 0 Å². The van der Waals surface area contributed by atoms with Crippen molar-refractivity contribution < 1.29 is 0 Å². The summed E-state index contributed by atoms with van der Waals surface area (Å²) in [6, 6.07) is 0. The molecule has 0 unspecified atom stereocenters. The molecule has 0 heterocycles. The molecule has 0 spiro atoms. The predicted octanol–water partition coefficient (Wildman–Crippen LogP) is 3.58. The van der Waals surface area contributed by atoms with Crippen LogP contribution in [0.2, 0.25) is 0 Å². The van der Waals surface area contributed by atoms with Gasteiger partial charge in [0.15, 0.2) is 0 Å². The summed E-state index contributed by atoms with van der Waals surface area (Å²) in [6.45, 7) is 0.959. The molecule has 2 N–H and O–H groups in total. The maximum atomic E-state index is 5.93. The highest BCUT2D eigenvalue weighted by Gasteiger charge is 2.49. The van der Waals surface area contributed by atoms with Crippen molar-refractivity contribution in [1.82, 2.24) is 0 Å². The van der Waals surface area contributed by atoms with E-state index in [0.29, 0.717) is 5.41 Å². The monoisotopic (exact) mass is 233 g/mol. The van der Waals surface area contributed by atoms with Crippen LogP contribution in [-0.2, 0) is 0 Å². The third kappa shape index (κ3) is 1.77. The van der Waals surface area contributed by atoms with Crippen LogP contribution in [0.15, 0.2) is 0 Å². The van der Waals surface area contributed by atoms with Gasteiger partial charge in [-0.05, 0) is 99.3 Å². The minimum atomic E-state index is 0.620. The number of hydrogen-bond donors (Lipinski definition) is 1. The lowest BCUT2D eigenvalue weighted by Crippen LogP contribution is -2.45. The van der Waals surface area contributed by atoms with Gasteiger partial charge in [-0.25, -0.2) is 0 Å². The molecule has 5 saturated carbocycles. The predicted molar refractivity (Wildman–Crippen MR) is 70.5 cm³/mol. The van der Waals surface area contributed by atoms with Gasteiger partial charge < -0.3 is 5.73 Å². The van der Waals surface area contributed by atoms with Gasteiger partial charge in [0.2, 0.25) is 0 Å². The summed E-state index contributed by atoms with van der Waals surface area (Å²) in [5, 5.41) is 0. The smallest absolute Gasteiger partial charge is 0.00205 e. The standard InChI is InChI=1S/C16H27N/c17-10-16(3-4-16)2-1-15-13-6-11-5-12(8-13)9-14(15)7-11/h11-15H,1-10,17H2. The van der Waals surface area contributed by atoms with Crippen LogP contribution in [0.5, 0.6) is 0 Å². The summed E-state index contributed by atoms with van der Waals surface area (Å²) in [4.78, 5) is 0. The van der Waals surface area contributed by atoms with Crippen LogP contribution in [-0.4, -0.2) is 6.54 Å². The van der Waals surface area contributed by atoms with E-state index in [0.717, 1.165) is 36.1 Å². The molecule has 0 atom stereocenters. The minimum absolute atomic E-state index is 0.620. The molecule has 5 rings (SSSR count). The maximum Gasteiger partial charge on any atom is -0.00205 e. The Morgan fingerprint density at radius 2 is 1.47 bits per heavy atom. The fourth-order valence-electron chi connectivity index (χ4n) is 5.72. The molecule has 0 aromatic carbocycles. The van der Waals surface area contributed by atoms with Gasteiger partial charge in [0.1, 0.15) is 0 Å². The van der Waals surface area contributed by atoms with Crippen molar-refractivity contribution in [2.24, 2.45) is 40.7 Å². The number of hydrogen-bond acceptors (Lipinski definition) is 1. The molecule has 0 aromatic rings. The van der Waals surface area contributed by atoms with Gasteiger partial charge in [0, 0.05) is 0 Å². The Bertz CT molecular complexity index is 277. The largest absolute Gasteiger partial charge is 0.330 e. The Labute approximate surface area is 106 Å². The maximum absolute atomic E-state index is 5.93. The van der Waals surface area contributed by atoms with Crippen molar-refractivity contribution in [1.29, 1.82) is 0 Å². The Balaban J connectivity index is 1.41. The van der Waals surface area contributed by atoms with Gasteiger partial charge in [0.25, 0.3) is 0 Å². The molecular formula is C16H27N. The molecule has 1 heteroatoms. The van der Waals surface area contributed by atoms with E-state index in [2.05, 4.69) is 0 Å².